The lowest BCUT2D eigenvalue weighted by molar-refractivity contribution is -0.148. The van der Waals surface area contributed by atoms with E-state index in [0.717, 1.165) is 22.0 Å². The molecule has 5 heterocycles. The second-order valence-electron chi connectivity index (χ2n) is 8.01. The Morgan fingerprint density at radius 1 is 1.36 bits per heavy atom. The van der Waals surface area contributed by atoms with Gasteiger partial charge in [0.25, 0.3) is 11.8 Å². The number of hydrogen-bond donors (Lipinski definition) is 4. The summed E-state index contributed by atoms with van der Waals surface area (Å²) in [5.74, 6) is -0.593. The monoisotopic (exact) mass is 591 g/mol. The topological polar surface area (TPSA) is 194 Å². The van der Waals surface area contributed by atoms with Gasteiger partial charge in [0.1, 0.15) is 29.4 Å². The number of imidazole rings is 1. The van der Waals surface area contributed by atoms with Gasteiger partial charge in [0.15, 0.2) is 10.8 Å². The van der Waals surface area contributed by atoms with Crippen molar-refractivity contribution in [3.63, 3.8) is 0 Å². The van der Waals surface area contributed by atoms with Crippen LogP contribution in [0.2, 0.25) is 0 Å². The maximum atomic E-state index is 13.1. The Morgan fingerprint density at radius 3 is 2.95 bits per heavy atom. The summed E-state index contributed by atoms with van der Waals surface area (Å²) in [5.41, 5.74) is 7.00. The maximum Gasteiger partial charge on any atom is 0.512 e. The highest BCUT2D eigenvalue weighted by atomic mass is 32.2. The summed E-state index contributed by atoms with van der Waals surface area (Å²) in [6, 6.07) is 4.69. The van der Waals surface area contributed by atoms with Crippen LogP contribution in [0.25, 0.3) is 5.65 Å². The Balaban J connectivity index is 1.32. The van der Waals surface area contributed by atoms with Crippen molar-refractivity contribution in [2.45, 2.75) is 16.4 Å². The molecule has 5 N–H and O–H groups in total. The number of hydrogen-bond acceptors (Lipinski definition) is 13. The number of β-lactam (4-membered cyclic amide) rings is 1. The summed E-state index contributed by atoms with van der Waals surface area (Å²) in [5, 5.41) is 26.7. The Hall–Kier alpha value is -3.80. The summed E-state index contributed by atoms with van der Waals surface area (Å²) in [6.07, 6.45) is 1.96. The van der Waals surface area contributed by atoms with E-state index < -0.39 is 29.4 Å². The van der Waals surface area contributed by atoms with Crippen LogP contribution in [-0.4, -0.2) is 89.3 Å². The average Bonchev–Trinajstić information content (AvgIpc) is 3.57. The zero-order chi connectivity index (χ0) is 27.5. The number of ether oxygens (including phenoxy) is 1. The molecule has 39 heavy (non-hydrogen) atoms. The number of thioether (sulfide) groups is 2. The van der Waals surface area contributed by atoms with Crippen LogP contribution in [0.4, 0.5) is 9.93 Å². The predicted octanol–water partition coefficient (Wildman–Crippen LogP) is 1.18. The second kappa shape index (κ2) is 11.5. The molecule has 5 rings (SSSR count). The molecule has 0 radical (unpaired) electrons. The number of aliphatic hydroxyl groups is 1. The lowest BCUT2D eigenvalue weighted by Gasteiger charge is -2.49. The summed E-state index contributed by atoms with van der Waals surface area (Å²) in [4.78, 5) is 52.2. The summed E-state index contributed by atoms with van der Waals surface area (Å²) < 4.78 is 6.96. The molecule has 0 aromatic carbocycles. The third-order valence-electron chi connectivity index (χ3n) is 5.57. The molecular formula is C22H21N7O7S3. The quantitative estimate of drug-likeness (QED) is 0.0658. The Kier molecular flexibility index (Phi) is 7.92. The molecule has 1 saturated heterocycles. The van der Waals surface area contributed by atoms with Gasteiger partial charge in [0.05, 0.1) is 11.6 Å². The molecule has 2 aliphatic heterocycles. The number of carbonyl (C=O) groups excluding carboxylic acids is 2. The molecule has 0 aliphatic carbocycles. The number of carboxylic acid groups (broad SMARTS) is 1. The molecule has 17 heteroatoms. The van der Waals surface area contributed by atoms with Crippen LogP contribution in [0.15, 0.2) is 57.6 Å². The summed E-state index contributed by atoms with van der Waals surface area (Å²) >= 11 is 3.91. The summed E-state index contributed by atoms with van der Waals surface area (Å²) in [7, 11) is 0. The third-order valence-corrected chi connectivity index (χ3v) is 8.70. The normalized spacial score (nSPS) is 19.1. The zero-order valence-corrected chi connectivity index (χ0v) is 22.4. The Morgan fingerprint density at radius 2 is 2.21 bits per heavy atom. The van der Waals surface area contributed by atoms with E-state index in [-0.39, 0.29) is 35.6 Å². The molecular weight excluding hydrogens is 570 g/mol. The lowest BCUT2D eigenvalue weighted by atomic mass is 10.1. The number of fused-ring (bicyclic) bond motifs is 2. The molecule has 3 aromatic rings. The SMILES string of the molecule is Nc1nc(/C(=N/OCCO)C(=O)N[C@@H]2C(=O)N3C(OC(=O)O)=C(CSc4cccc5nccn45)CS[C@@H]23)cs1. The first-order valence-corrected chi connectivity index (χ1v) is 14.2. The van der Waals surface area contributed by atoms with Gasteiger partial charge in [-0.15, -0.1) is 34.9 Å². The number of nitrogens with two attached hydrogens (primary N) is 1. The Bertz CT molecular complexity index is 1490. The van der Waals surface area contributed by atoms with Gasteiger partial charge in [-0.05, 0) is 12.1 Å². The summed E-state index contributed by atoms with van der Waals surface area (Å²) in [6.45, 7) is -0.467. The van der Waals surface area contributed by atoms with Gasteiger partial charge in [-0.25, -0.2) is 14.8 Å². The standard InChI is InChI=1S/C22H21N7O7S3/c23-21-25-12(10-39-21)15(27-35-7-6-30)17(31)26-16-18(32)29-19(36-22(33)34)11(9-38-20(16)29)8-37-14-3-1-2-13-24-4-5-28(13)14/h1-5,10,16,20,30H,6-9H2,(H2,23,25)(H,26,31)(H,33,34)/b27-15-/t16-,20+/m1/s1. The number of nitrogen functional groups attached to an aromatic ring is 1. The maximum absolute atomic E-state index is 13.1. The number of nitrogens with one attached hydrogen (secondary N) is 1. The van der Waals surface area contributed by atoms with Crippen molar-refractivity contribution in [2.24, 2.45) is 5.16 Å². The number of anilines is 1. The van der Waals surface area contributed by atoms with Crippen molar-refractivity contribution in [1.82, 2.24) is 24.6 Å². The predicted molar refractivity (Wildman–Crippen MR) is 143 cm³/mol. The van der Waals surface area contributed by atoms with Crippen molar-refractivity contribution < 1.29 is 34.2 Å². The van der Waals surface area contributed by atoms with Crippen molar-refractivity contribution >= 4 is 69.3 Å². The number of thiazole rings is 1. The van der Waals surface area contributed by atoms with Crippen LogP contribution in [0.1, 0.15) is 5.69 Å². The molecule has 2 aliphatic rings. The van der Waals surface area contributed by atoms with Crippen LogP contribution < -0.4 is 11.1 Å². The molecule has 204 valence electrons. The smallest absolute Gasteiger partial charge is 0.449 e. The number of aromatic nitrogens is 3. The molecule has 1 fully saturated rings. The molecule has 3 aromatic heterocycles. The van der Waals surface area contributed by atoms with Crippen molar-refractivity contribution in [2.75, 3.05) is 30.5 Å². The first-order chi connectivity index (χ1) is 18.9. The van der Waals surface area contributed by atoms with Crippen LogP contribution >= 0.6 is 34.9 Å². The number of carbonyl (C=O) groups is 3. The first kappa shape index (κ1) is 26.8. The largest absolute Gasteiger partial charge is 0.512 e. The van der Waals surface area contributed by atoms with Crippen LogP contribution in [0.3, 0.4) is 0 Å². The minimum atomic E-state index is -1.55. The lowest BCUT2D eigenvalue weighted by Crippen LogP contribution is -2.70. The second-order valence-corrected chi connectivity index (χ2v) is 11.0. The van der Waals surface area contributed by atoms with Gasteiger partial charge >= 0.3 is 6.16 Å². The van der Waals surface area contributed by atoms with Gasteiger partial charge in [-0.1, -0.05) is 11.2 Å². The minimum absolute atomic E-state index is 0.0560. The number of amides is 2. The zero-order valence-electron chi connectivity index (χ0n) is 19.9. The van der Waals surface area contributed by atoms with Crippen LogP contribution in [-0.2, 0) is 19.2 Å². The minimum Gasteiger partial charge on any atom is -0.449 e. The van der Waals surface area contributed by atoms with E-state index in [0.29, 0.717) is 17.1 Å². The highest BCUT2D eigenvalue weighted by molar-refractivity contribution is 8.01. The third kappa shape index (κ3) is 5.51. The highest BCUT2D eigenvalue weighted by Gasteiger charge is 2.54. The Labute approximate surface area is 232 Å². The number of rotatable bonds is 10. The fourth-order valence-electron chi connectivity index (χ4n) is 3.87. The van der Waals surface area contributed by atoms with Crippen LogP contribution in [0.5, 0.6) is 0 Å². The molecule has 0 saturated carbocycles. The van der Waals surface area contributed by atoms with Gasteiger partial charge in [-0.3, -0.25) is 18.9 Å². The van der Waals surface area contributed by atoms with E-state index in [1.807, 2.05) is 28.8 Å². The van der Waals surface area contributed by atoms with E-state index >= 15 is 0 Å². The molecule has 14 nitrogen and oxygen atoms in total. The van der Waals surface area contributed by atoms with E-state index in [4.69, 9.17) is 20.4 Å². The van der Waals surface area contributed by atoms with Crippen molar-refractivity contribution in [1.29, 1.82) is 0 Å². The van der Waals surface area contributed by atoms with Crippen LogP contribution in [0, 0.1) is 0 Å². The van der Waals surface area contributed by atoms with E-state index in [1.54, 1.807) is 6.20 Å². The number of nitrogens with zero attached hydrogens (tertiary/aromatic N) is 5. The van der Waals surface area contributed by atoms with Gasteiger partial charge in [-0.2, -0.15) is 0 Å². The fraction of sp³-hybridized carbons (Fsp3) is 0.273. The van der Waals surface area contributed by atoms with Crippen molar-refractivity contribution in [3.05, 3.63) is 53.1 Å². The highest BCUT2D eigenvalue weighted by Crippen LogP contribution is 2.42. The first-order valence-electron chi connectivity index (χ1n) is 11.3. The number of pyridine rings is 1. The number of oxime groups is 1. The van der Waals surface area contributed by atoms with E-state index in [1.165, 1.54) is 33.8 Å². The molecule has 0 unspecified atom stereocenters. The fourth-order valence-corrected chi connectivity index (χ4v) is 6.89. The van der Waals surface area contributed by atoms with Gasteiger partial charge in [0.2, 0.25) is 5.88 Å². The molecule has 0 bridgehead atoms. The molecule has 2 amide bonds. The molecule has 0 spiro atoms. The van der Waals surface area contributed by atoms with Crippen molar-refractivity contribution in [3.8, 4) is 0 Å². The van der Waals surface area contributed by atoms with Gasteiger partial charge in [0, 0.05) is 34.9 Å². The number of aliphatic hydroxyl groups excluding tert-OH is 1. The average molecular weight is 592 g/mol. The van der Waals surface area contributed by atoms with E-state index in [9.17, 15) is 19.5 Å². The molecule has 2 atom stereocenters. The van der Waals surface area contributed by atoms with Gasteiger partial charge < -0.3 is 30.8 Å². The van der Waals surface area contributed by atoms with E-state index in [2.05, 4.69) is 20.4 Å².